The predicted octanol–water partition coefficient (Wildman–Crippen LogP) is 2.89. The van der Waals surface area contributed by atoms with E-state index < -0.39 is 0 Å². The van der Waals surface area contributed by atoms with Crippen LogP contribution in [0.25, 0.3) is 22.6 Å². The molecule has 2 aromatic carbocycles. The second-order valence-corrected chi connectivity index (χ2v) is 6.10. The van der Waals surface area contributed by atoms with Crippen LogP contribution in [0.2, 0.25) is 0 Å². The van der Waals surface area contributed by atoms with E-state index in [-0.39, 0.29) is 12.4 Å². The molecule has 0 amide bonds. The van der Waals surface area contributed by atoms with Crippen LogP contribution in [0.5, 0.6) is 17.2 Å². The van der Waals surface area contributed by atoms with E-state index in [1.54, 1.807) is 34.5 Å². The molecule has 7 nitrogen and oxygen atoms in total. The van der Waals surface area contributed by atoms with Gasteiger partial charge in [0.1, 0.15) is 5.75 Å². The summed E-state index contributed by atoms with van der Waals surface area (Å²) in [7, 11) is 1.59. The Morgan fingerprint density at radius 3 is 2.85 bits per heavy atom. The van der Waals surface area contributed by atoms with Crippen LogP contribution in [0.15, 0.2) is 65.8 Å². The molecule has 0 saturated heterocycles. The van der Waals surface area contributed by atoms with Gasteiger partial charge >= 0.3 is 0 Å². The lowest BCUT2D eigenvalue weighted by molar-refractivity contribution is 0.174. The SMILES string of the molecule is COc1cccc(-n2ccn3cc(-c4ccc5c(c4)OCO5)nc3c2=O)c1. The van der Waals surface area contributed by atoms with E-state index in [1.807, 2.05) is 42.6 Å². The average molecular weight is 361 g/mol. The zero-order chi connectivity index (χ0) is 18.4. The molecule has 27 heavy (non-hydrogen) atoms. The summed E-state index contributed by atoms with van der Waals surface area (Å²) in [5.41, 5.74) is 2.39. The molecule has 2 aromatic heterocycles. The maximum Gasteiger partial charge on any atom is 0.298 e. The van der Waals surface area contributed by atoms with Gasteiger partial charge in [-0.2, -0.15) is 0 Å². The summed E-state index contributed by atoms with van der Waals surface area (Å²) in [4.78, 5) is 17.5. The van der Waals surface area contributed by atoms with Crippen molar-refractivity contribution in [3.63, 3.8) is 0 Å². The van der Waals surface area contributed by atoms with E-state index in [2.05, 4.69) is 4.98 Å². The molecule has 0 fully saturated rings. The van der Waals surface area contributed by atoms with E-state index >= 15 is 0 Å². The first-order valence-corrected chi connectivity index (χ1v) is 8.38. The maximum absolute atomic E-state index is 13.0. The molecule has 1 aliphatic heterocycles. The first-order chi connectivity index (χ1) is 13.2. The van der Waals surface area contributed by atoms with Crippen LogP contribution >= 0.6 is 0 Å². The van der Waals surface area contributed by atoms with Gasteiger partial charge in [0.25, 0.3) is 5.56 Å². The van der Waals surface area contributed by atoms with Gasteiger partial charge in [-0.1, -0.05) is 6.07 Å². The van der Waals surface area contributed by atoms with E-state index in [4.69, 9.17) is 14.2 Å². The molecule has 0 N–H and O–H groups in total. The Hall–Kier alpha value is -3.74. The fraction of sp³-hybridized carbons (Fsp3) is 0.100. The molecule has 0 unspecified atom stereocenters. The summed E-state index contributed by atoms with van der Waals surface area (Å²) in [5, 5.41) is 0. The van der Waals surface area contributed by atoms with Crippen LogP contribution in [0.4, 0.5) is 0 Å². The maximum atomic E-state index is 13.0. The van der Waals surface area contributed by atoms with Crippen molar-refractivity contribution < 1.29 is 14.2 Å². The molecule has 0 radical (unpaired) electrons. The molecule has 1 aliphatic rings. The highest BCUT2D eigenvalue weighted by Gasteiger charge is 2.16. The highest BCUT2D eigenvalue weighted by atomic mass is 16.7. The Morgan fingerprint density at radius 2 is 1.96 bits per heavy atom. The molecule has 0 bridgehead atoms. The van der Waals surface area contributed by atoms with Gasteiger partial charge in [-0.05, 0) is 30.3 Å². The molecule has 0 atom stereocenters. The molecule has 3 heterocycles. The third kappa shape index (κ3) is 2.52. The molecule has 4 aromatic rings. The summed E-state index contributed by atoms with van der Waals surface area (Å²) in [6.07, 6.45) is 5.35. The first kappa shape index (κ1) is 15.5. The van der Waals surface area contributed by atoms with Gasteiger partial charge in [0, 0.05) is 30.2 Å². The Labute approximate surface area is 154 Å². The lowest BCUT2D eigenvalue weighted by atomic mass is 10.1. The molecule has 5 rings (SSSR count). The van der Waals surface area contributed by atoms with Crippen molar-refractivity contribution in [1.29, 1.82) is 0 Å². The summed E-state index contributed by atoms with van der Waals surface area (Å²) in [6.45, 7) is 0.217. The van der Waals surface area contributed by atoms with Gasteiger partial charge in [0.2, 0.25) is 12.4 Å². The van der Waals surface area contributed by atoms with Gasteiger partial charge in [-0.25, -0.2) is 4.98 Å². The Morgan fingerprint density at radius 1 is 1.07 bits per heavy atom. The minimum atomic E-state index is -0.210. The van der Waals surface area contributed by atoms with Crippen LogP contribution in [0.1, 0.15) is 0 Å². The molecule has 134 valence electrons. The number of methoxy groups -OCH3 is 1. The standard InChI is InChI=1S/C20H15N3O4/c1-25-15-4-2-3-14(10-15)23-8-7-22-11-16(21-19(22)20(23)24)13-5-6-17-18(9-13)27-12-26-17/h2-11H,12H2,1H3. The highest BCUT2D eigenvalue weighted by molar-refractivity contribution is 5.66. The fourth-order valence-electron chi connectivity index (χ4n) is 3.14. The van der Waals surface area contributed by atoms with Crippen molar-refractivity contribution >= 4 is 5.65 Å². The van der Waals surface area contributed by atoms with Crippen LogP contribution in [0, 0.1) is 0 Å². The highest BCUT2D eigenvalue weighted by Crippen LogP contribution is 2.35. The summed E-state index contributed by atoms with van der Waals surface area (Å²) < 4.78 is 19.3. The minimum Gasteiger partial charge on any atom is -0.497 e. The zero-order valence-corrected chi connectivity index (χ0v) is 14.5. The number of aromatic nitrogens is 3. The van der Waals surface area contributed by atoms with Gasteiger partial charge in [-0.3, -0.25) is 9.36 Å². The minimum absolute atomic E-state index is 0.210. The van der Waals surface area contributed by atoms with Crippen molar-refractivity contribution in [2.75, 3.05) is 13.9 Å². The first-order valence-electron chi connectivity index (χ1n) is 8.38. The molecule has 0 saturated carbocycles. The number of fused-ring (bicyclic) bond motifs is 2. The number of rotatable bonds is 3. The van der Waals surface area contributed by atoms with E-state index in [0.29, 0.717) is 28.6 Å². The van der Waals surface area contributed by atoms with Crippen molar-refractivity contribution in [2.45, 2.75) is 0 Å². The molecular weight excluding hydrogens is 346 g/mol. The topological polar surface area (TPSA) is 67.0 Å². The summed E-state index contributed by atoms with van der Waals surface area (Å²) >= 11 is 0. The molecule has 0 spiro atoms. The third-order valence-corrected chi connectivity index (χ3v) is 4.52. The third-order valence-electron chi connectivity index (χ3n) is 4.52. The fourth-order valence-corrected chi connectivity index (χ4v) is 3.14. The summed E-state index contributed by atoms with van der Waals surface area (Å²) in [5.74, 6) is 2.07. The Balaban J connectivity index is 1.62. The molecule has 0 aliphatic carbocycles. The zero-order valence-electron chi connectivity index (χ0n) is 14.5. The average Bonchev–Trinajstić information content (AvgIpc) is 3.35. The number of hydrogen-bond acceptors (Lipinski definition) is 5. The van der Waals surface area contributed by atoms with E-state index in [1.165, 1.54) is 0 Å². The van der Waals surface area contributed by atoms with Crippen LogP contribution in [-0.2, 0) is 0 Å². The smallest absolute Gasteiger partial charge is 0.298 e. The van der Waals surface area contributed by atoms with Crippen molar-refractivity contribution in [1.82, 2.24) is 14.0 Å². The predicted molar refractivity (Wildman–Crippen MR) is 98.9 cm³/mol. The second-order valence-electron chi connectivity index (χ2n) is 6.10. The Bertz CT molecular complexity index is 1230. The van der Waals surface area contributed by atoms with Gasteiger partial charge < -0.3 is 18.6 Å². The molecular formula is C20H15N3O4. The monoisotopic (exact) mass is 361 g/mol. The van der Waals surface area contributed by atoms with E-state index in [0.717, 1.165) is 11.3 Å². The van der Waals surface area contributed by atoms with Crippen molar-refractivity contribution in [2.24, 2.45) is 0 Å². The normalized spacial score (nSPS) is 12.5. The van der Waals surface area contributed by atoms with Crippen LogP contribution < -0.4 is 19.8 Å². The number of imidazole rings is 1. The Kier molecular flexibility index (Phi) is 3.39. The lowest BCUT2D eigenvalue weighted by Crippen LogP contribution is -2.19. The number of benzene rings is 2. The van der Waals surface area contributed by atoms with Crippen molar-refractivity contribution in [3.05, 3.63) is 71.4 Å². The van der Waals surface area contributed by atoms with Crippen molar-refractivity contribution in [3.8, 4) is 34.2 Å². The van der Waals surface area contributed by atoms with Crippen LogP contribution in [-0.4, -0.2) is 27.9 Å². The van der Waals surface area contributed by atoms with Gasteiger partial charge in [0.05, 0.1) is 18.5 Å². The summed E-state index contributed by atoms with van der Waals surface area (Å²) in [6, 6.07) is 12.9. The van der Waals surface area contributed by atoms with E-state index in [9.17, 15) is 4.79 Å². The van der Waals surface area contributed by atoms with Gasteiger partial charge in [0.15, 0.2) is 11.5 Å². The second kappa shape index (κ2) is 5.91. The van der Waals surface area contributed by atoms with Crippen LogP contribution in [0.3, 0.4) is 0 Å². The number of nitrogens with zero attached hydrogens (tertiary/aromatic N) is 3. The quantitative estimate of drug-likeness (QED) is 0.561. The lowest BCUT2D eigenvalue weighted by Gasteiger charge is -2.07. The number of hydrogen-bond donors (Lipinski definition) is 0. The number of ether oxygens (including phenoxy) is 3. The van der Waals surface area contributed by atoms with Gasteiger partial charge in [-0.15, -0.1) is 0 Å². The largest absolute Gasteiger partial charge is 0.497 e. The molecule has 7 heteroatoms.